The number of nitrogens with one attached hydrogen (secondary N) is 1. The Morgan fingerprint density at radius 2 is 1.54 bits per heavy atom. The molecule has 0 saturated carbocycles. The maximum Gasteiger partial charge on any atom is 0.230 e. The van der Waals surface area contributed by atoms with Gasteiger partial charge in [0.15, 0.2) is 0 Å². The van der Waals surface area contributed by atoms with E-state index in [1.165, 1.54) is 22.3 Å². The molecular weight excluding hydrogens is 364 g/mol. The van der Waals surface area contributed by atoms with Crippen LogP contribution in [0, 0.1) is 5.92 Å². The van der Waals surface area contributed by atoms with Gasteiger partial charge in [0.25, 0.3) is 0 Å². The quantitative estimate of drug-likeness (QED) is 0.652. The first-order chi connectivity index (χ1) is 13.8. The lowest BCUT2D eigenvalue weighted by molar-refractivity contribution is -0.118. The van der Waals surface area contributed by atoms with E-state index >= 15 is 0 Å². The highest BCUT2D eigenvalue weighted by Crippen LogP contribution is 2.55. The molecule has 0 spiro atoms. The molecule has 0 saturated heterocycles. The number of carbonyl (C=O) groups is 1. The molecule has 2 bridgehead atoms. The summed E-state index contributed by atoms with van der Waals surface area (Å²) in [7, 11) is 0. The second-order valence-corrected chi connectivity index (χ2v) is 8.61. The Morgan fingerprint density at radius 1 is 0.929 bits per heavy atom. The lowest BCUT2D eigenvalue weighted by atomic mass is 9.59. The molecule has 0 aliphatic heterocycles. The number of carbonyl (C=O) groups excluding carboxylic acids is 1. The fraction of sp³-hybridized carbons (Fsp3) is 0.250. The average Bonchev–Trinajstić information content (AvgIpc) is 2.77. The van der Waals surface area contributed by atoms with Gasteiger partial charge < -0.3 is 5.32 Å². The molecule has 3 nitrogen and oxygen atoms in total. The first kappa shape index (κ1) is 17.5. The summed E-state index contributed by atoms with van der Waals surface area (Å²) in [6, 6.07) is 21.6. The highest BCUT2D eigenvalue weighted by Gasteiger charge is 2.42. The lowest BCUT2D eigenvalue weighted by Gasteiger charge is -2.45. The van der Waals surface area contributed by atoms with Crippen molar-refractivity contribution in [2.24, 2.45) is 5.92 Å². The van der Waals surface area contributed by atoms with Gasteiger partial charge >= 0.3 is 0 Å². The van der Waals surface area contributed by atoms with Gasteiger partial charge in [-0.1, -0.05) is 48.5 Å². The Morgan fingerprint density at radius 3 is 2.18 bits per heavy atom. The van der Waals surface area contributed by atoms with Crippen LogP contribution in [0.1, 0.15) is 40.5 Å². The van der Waals surface area contributed by atoms with E-state index in [0.717, 1.165) is 17.9 Å². The van der Waals surface area contributed by atoms with Crippen LogP contribution in [0.5, 0.6) is 0 Å². The molecule has 0 radical (unpaired) electrons. The molecule has 1 N–H and O–H groups in total. The van der Waals surface area contributed by atoms with E-state index in [2.05, 4.69) is 58.8 Å². The first-order valence-electron chi connectivity index (χ1n) is 9.78. The number of thioether (sulfide) groups is 1. The second kappa shape index (κ2) is 7.44. The zero-order chi connectivity index (χ0) is 18.9. The predicted molar refractivity (Wildman–Crippen MR) is 113 cm³/mol. The molecule has 4 heteroatoms. The van der Waals surface area contributed by atoms with Crippen molar-refractivity contribution in [3.05, 3.63) is 95.3 Å². The number of pyridine rings is 1. The Balaban J connectivity index is 1.30. The largest absolute Gasteiger partial charge is 0.355 e. The van der Waals surface area contributed by atoms with Gasteiger partial charge in [-0.05, 0) is 46.7 Å². The van der Waals surface area contributed by atoms with E-state index < -0.39 is 0 Å². The molecule has 3 aliphatic carbocycles. The van der Waals surface area contributed by atoms with Crippen LogP contribution in [0.3, 0.4) is 0 Å². The minimum Gasteiger partial charge on any atom is -0.355 e. The van der Waals surface area contributed by atoms with Crippen molar-refractivity contribution in [3.8, 4) is 0 Å². The summed E-state index contributed by atoms with van der Waals surface area (Å²) in [6.07, 6.45) is 4.62. The molecule has 3 aromatic rings. The summed E-state index contributed by atoms with van der Waals surface area (Å²) in [5.41, 5.74) is 5.84. The third-order valence-corrected chi connectivity index (χ3v) is 7.02. The summed E-state index contributed by atoms with van der Waals surface area (Å²) in [6.45, 7) is 0.736. The topological polar surface area (TPSA) is 42.0 Å². The smallest absolute Gasteiger partial charge is 0.230 e. The fourth-order valence-electron chi connectivity index (χ4n) is 4.84. The summed E-state index contributed by atoms with van der Waals surface area (Å²) >= 11 is 1.56. The summed E-state index contributed by atoms with van der Waals surface area (Å²) in [5.74, 6) is 1.82. The zero-order valence-electron chi connectivity index (χ0n) is 15.5. The van der Waals surface area contributed by atoms with Crippen LogP contribution >= 0.6 is 11.8 Å². The van der Waals surface area contributed by atoms with Crippen LogP contribution in [0.15, 0.2) is 78.0 Å². The van der Waals surface area contributed by atoms with Crippen LogP contribution in [0.2, 0.25) is 0 Å². The van der Waals surface area contributed by atoms with E-state index in [1.54, 1.807) is 24.2 Å². The monoisotopic (exact) mass is 386 g/mol. The molecule has 1 amide bonds. The lowest BCUT2D eigenvalue weighted by Crippen LogP contribution is -2.39. The zero-order valence-corrected chi connectivity index (χ0v) is 16.4. The van der Waals surface area contributed by atoms with Crippen molar-refractivity contribution in [1.29, 1.82) is 0 Å². The van der Waals surface area contributed by atoms with Gasteiger partial charge in [-0.2, -0.15) is 0 Å². The molecular formula is C24H22N2OS. The number of rotatable bonds is 5. The third kappa shape index (κ3) is 3.12. The van der Waals surface area contributed by atoms with Crippen molar-refractivity contribution in [1.82, 2.24) is 10.3 Å². The number of benzene rings is 2. The van der Waals surface area contributed by atoms with Gasteiger partial charge in [0.05, 0.1) is 5.75 Å². The molecule has 0 fully saturated rings. The number of aromatic nitrogens is 1. The summed E-state index contributed by atoms with van der Waals surface area (Å²) in [5, 5.41) is 3.19. The second-order valence-electron chi connectivity index (χ2n) is 7.56. The van der Waals surface area contributed by atoms with E-state index in [0.29, 0.717) is 23.5 Å². The molecule has 1 aromatic heterocycles. The van der Waals surface area contributed by atoms with Crippen LogP contribution in [0.25, 0.3) is 0 Å². The molecule has 1 atom stereocenters. The number of hydrogen-bond acceptors (Lipinski definition) is 3. The highest BCUT2D eigenvalue weighted by molar-refractivity contribution is 8.00. The van der Waals surface area contributed by atoms with Gasteiger partial charge in [0.2, 0.25) is 5.91 Å². The number of nitrogens with zero attached hydrogens (tertiary/aromatic N) is 1. The van der Waals surface area contributed by atoms with Gasteiger partial charge in [-0.25, -0.2) is 0 Å². The Hall–Kier alpha value is -2.59. The minimum absolute atomic E-state index is 0.102. The van der Waals surface area contributed by atoms with Crippen molar-refractivity contribution in [2.75, 3.05) is 12.3 Å². The Bertz CT molecular complexity index is 957. The van der Waals surface area contributed by atoms with E-state index in [-0.39, 0.29) is 5.91 Å². The van der Waals surface area contributed by atoms with Crippen molar-refractivity contribution in [2.45, 2.75) is 23.2 Å². The van der Waals surface area contributed by atoms with E-state index in [4.69, 9.17) is 0 Å². The van der Waals surface area contributed by atoms with Crippen LogP contribution in [-0.2, 0) is 4.79 Å². The molecule has 140 valence electrons. The SMILES string of the molecule is O=C(CSc1ccncc1)NCC1CC2c3ccccc3C1c1ccccc12. The van der Waals surface area contributed by atoms with Crippen molar-refractivity contribution >= 4 is 17.7 Å². The molecule has 28 heavy (non-hydrogen) atoms. The molecule has 2 aromatic carbocycles. The van der Waals surface area contributed by atoms with Crippen molar-refractivity contribution in [3.63, 3.8) is 0 Å². The van der Waals surface area contributed by atoms with Gasteiger partial charge in [0.1, 0.15) is 0 Å². The molecule has 1 heterocycles. The average molecular weight is 387 g/mol. The first-order valence-corrected chi connectivity index (χ1v) is 10.8. The van der Waals surface area contributed by atoms with Crippen LogP contribution in [0.4, 0.5) is 0 Å². The fourth-order valence-corrected chi connectivity index (χ4v) is 5.55. The highest BCUT2D eigenvalue weighted by atomic mass is 32.2. The number of hydrogen-bond donors (Lipinski definition) is 1. The standard InChI is InChI=1S/C24H22N2OS/c27-23(15-28-17-9-11-25-12-10-17)26-14-16-13-22-18-5-1-3-7-20(18)24(16)21-8-4-2-6-19(21)22/h1-12,16,22,24H,13-15H2,(H,26,27). The summed E-state index contributed by atoms with van der Waals surface area (Å²) in [4.78, 5) is 17.5. The van der Waals surface area contributed by atoms with Gasteiger partial charge in [-0.15, -0.1) is 11.8 Å². The van der Waals surface area contributed by atoms with Crippen LogP contribution < -0.4 is 5.32 Å². The van der Waals surface area contributed by atoms with Crippen molar-refractivity contribution < 1.29 is 4.79 Å². The summed E-state index contributed by atoms with van der Waals surface area (Å²) < 4.78 is 0. The Kier molecular flexibility index (Phi) is 4.65. The number of fused-ring (bicyclic) bond motifs is 1. The maximum absolute atomic E-state index is 12.4. The van der Waals surface area contributed by atoms with E-state index in [1.807, 2.05) is 12.1 Å². The maximum atomic E-state index is 12.4. The van der Waals surface area contributed by atoms with Gasteiger partial charge in [0, 0.05) is 35.7 Å². The predicted octanol–water partition coefficient (Wildman–Crippen LogP) is 4.59. The van der Waals surface area contributed by atoms with Gasteiger partial charge in [-0.3, -0.25) is 9.78 Å². The minimum atomic E-state index is 0.102. The molecule has 1 unspecified atom stereocenters. The molecule has 3 aliphatic rings. The normalized spacial score (nSPS) is 21.6. The Labute approximate surface area is 169 Å². The number of amides is 1. The third-order valence-electron chi connectivity index (χ3n) is 6.00. The van der Waals surface area contributed by atoms with E-state index in [9.17, 15) is 4.79 Å². The molecule has 6 rings (SSSR count). The van der Waals surface area contributed by atoms with Crippen LogP contribution in [-0.4, -0.2) is 23.2 Å².